The number of ether oxygens (including phenoxy) is 3. The van der Waals surface area contributed by atoms with E-state index in [-0.39, 0.29) is 31.3 Å². The van der Waals surface area contributed by atoms with Crippen molar-refractivity contribution in [3.63, 3.8) is 0 Å². The third-order valence-electron chi connectivity index (χ3n) is 2.62. The van der Waals surface area contributed by atoms with Crippen LogP contribution in [0.2, 0.25) is 0 Å². The second-order valence-electron chi connectivity index (χ2n) is 4.13. The largest absolute Gasteiger partial charge is 0.497 e. The molecule has 0 fully saturated rings. The molecule has 0 saturated carbocycles. The number of carbonyl (C=O) groups excluding carboxylic acids is 1. The van der Waals surface area contributed by atoms with E-state index in [2.05, 4.69) is 10.1 Å². The van der Waals surface area contributed by atoms with Gasteiger partial charge in [-0.25, -0.2) is 0 Å². The van der Waals surface area contributed by atoms with E-state index < -0.39 is 18.6 Å². The Hall–Kier alpha value is -1.64. The van der Waals surface area contributed by atoms with Crippen molar-refractivity contribution in [2.24, 2.45) is 5.73 Å². The number of nitrogens with two attached hydrogens (primary N) is 1. The average Bonchev–Trinajstić information content (AvgIpc) is 2.45. The molecule has 0 radical (unpaired) electrons. The summed E-state index contributed by atoms with van der Waals surface area (Å²) in [7, 11) is 2.86. The Morgan fingerprint density at radius 3 is 2.59 bits per heavy atom. The fourth-order valence-corrected chi connectivity index (χ4v) is 1.60. The predicted octanol–water partition coefficient (Wildman–Crippen LogP) is 1.31. The van der Waals surface area contributed by atoms with E-state index in [0.29, 0.717) is 11.3 Å². The fourth-order valence-electron chi connectivity index (χ4n) is 1.60. The summed E-state index contributed by atoms with van der Waals surface area (Å²) < 4.78 is 38.8. The summed E-state index contributed by atoms with van der Waals surface area (Å²) >= 11 is 0. The number of amides is 1. The Kier molecular flexibility index (Phi) is 9.39. The number of carbonyl (C=O) groups is 1. The van der Waals surface area contributed by atoms with Crippen LogP contribution < -0.4 is 20.5 Å². The highest BCUT2D eigenvalue weighted by atomic mass is 35.5. The second-order valence-corrected chi connectivity index (χ2v) is 4.13. The van der Waals surface area contributed by atoms with E-state index in [0.717, 1.165) is 0 Å². The fraction of sp³-hybridized carbons (Fsp3) is 0.462. The molecule has 1 unspecified atom stereocenters. The van der Waals surface area contributed by atoms with Gasteiger partial charge in [-0.2, -0.15) is 8.78 Å². The minimum atomic E-state index is -2.96. The summed E-state index contributed by atoms with van der Waals surface area (Å²) in [6, 6.07) is 3.50. The molecule has 1 aromatic rings. The van der Waals surface area contributed by atoms with E-state index in [1.165, 1.54) is 32.4 Å². The summed E-state index contributed by atoms with van der Waals surface area (Å²) in [5.41, 5.74) is 5.91. The minimum Gasteiger partial charge on any atom is -0.497 e. The quantitative estimate of drug-likeness (QED) is 0.745. The Labute approximate surface area is 133 Å². The number of halogens is 3. The lowest BCUT2D eigenvalue weighted by Crippen LogP contribution is -2.43. The van der Waals surface area contributed by atoms with Gasteiger partial charge in [0.25, 0.3) is 0 Å². The number of hydrogen-bond acceptors (Lipinski definition) is 5. The zero-order valence-electron chi connectivity index (χ0n) is 12.2. The first-order valence-corrected chi connectivity index (χ1v) is 6.12. The predicted molar refractivity (Wildman–Crippen MR) is 78.6 cm³/mol. The third-order valence-corrected chi connectivity index (χ3v) is 2.62. The molecule has 0 spiro atoms. The van der Waals surface area contributed by atoms with Crippen molar-refractivity contribution in [1.29, 1.82) is 0 Å². The van der Waals surface area contributed by atoms with Gasteiger partial charge in [-0.15, -0.1) is 12.4 Å². The van der Waals surface area contributed by atoms with Crippen molar-refractivity contribution in [1.82, 2.24) is 5.32 Å². The molecule has 0 heterocycles. The van der Waals surface area contributed by atoms with E-state index >= 15 is 0 Å². The highest BCUT2D eigenvalue weighted by Gasteiger charge is 2.15. The highest BCUT2D eigenvalue weighted by Crippen LogP contribution is 2.25. The first-order chi connectivity index (χ1) is 9.97. The summed E-state index contributed by atoms with van der Waals surface area (Å²) in [6.45, 7) is -2.91. The molecule has 1 rings (SSSR count). The lowest BCUT2D eigenvalue weighted by molar-refractivity contribution is -0.123. The normalized spacial score (nSPS) is 11.5. The SMILES string of the molecule is COCC(N)C(=O)NCc1cc(OC)ccc1OC(F)F.Cl. The zero-order chi connectivity index (χ0) is 15.8. The molecule has 22 heavy (non-hydrogen) atoms. The second kappa shape index (κ2) is 10.1. The van der Waals surface area contributed by atoms with Gasteiger partial charge < -0.3 is 25.3 Å². The molecule has 1 amide bonds. The molecule has 0 saturated heterocycles. The van der Waals surface area contributed by atoms with Crippen molar-refractivity contribution in [3.05, 3.63) is 23.8 Å². The van der Waals surface area contributed by atoms with Crippen LogP contribution in [-0.2, 0) is 16.1 Å². The van der Waals surface area contributed by atoms with Crippen LogP contribution in [0.3, 0.4) is 0 Å². The molecule has 3 N–H and O–H groups in total. The molecule has 6 nitrogen and oxygen atoms in total. The molecule has 0 aliphatic rings. The molecule has 0 aliphatic carbocycles. The molecule has 0 bridgehead atoms. The molecule has 0 aromatic heterocycles. The van der Waals surface area contributed by atoms with Crippen LogP contribution >= 0.6 is 12.4 Å². The summed E-state index contributed by atoms with van der Waals surface area (Å²) in [5, 5.41) is 2.52. The van der Waals surface area contributed by atoms with Gasteiger partial charge in [0.05, 0.1) is 13.7 Å². The molecule has 9 heteroatoms. The van der Waals surface area contributed by atoms with E-state index in [1.54, 1.807) is 0 Å². The number of rotatable bonds is 8. The first kappa shape index (κ1) is 20.4. The number of methoxy groups -OCH3 is 2. The summed E-state index contributed by atoms with van der Waals surface area (Å²) in [4.78, 5) is 11.7. The number of hydrogen-bond donors (Lipinski definition) is 2. The molecule has 1 aromatic carbocycles. The number of nitrogens with one attached hydrogen (secondary N) is 1. The van der Waals surface area contributed by atoms with Gasteiger partial charge in [0.15, 0.2) is 0 Å². The van der Waals surface area contributed by atoms with Crippen LogP contribution in [0.15, 0.2) is 18.2 Å². The number of benzene rings is 1. The average molecular weight is 341 g/mol. The van der Waals surface area contributed by atoms with Crippen molar-refractivity contribution in [2.75, 3.05) is 20.8 Å². The molecule has 0 aliphatic heterocycles. The van der Waals surface area contributed by atoms with Crippen LogP contribution in [0, 0.1) is 0 Å². The molecule has 1 atom stereocenters. The van der Waals surface area contributed by atoms with E-state index in [4.69, 9.17) is 15.2 Å². The van der Waals surface area contributed by atoms with Gasteiger partial charge in [-0.1, -0.05) is 0 Å². The van der Waals surface area contributed by atoms with Crippen LogP contribution in [0.1, 0.15) is 5.56 Å². The van der Waals surface area contributed by atoms with Crippen LogP contribution in [0.5, 0.6) is 11.5 Å². The lowest BCUT2D eigenvalue weighted by atomic mass is 10.2. The van der Waals surface area contributed by atoms with Crippen molar-refractivity contribution < 1.29 is 27.8 Å². The van der Waals surface area contributed by atoms with E-state index in [9.17, 15) is 13.6 Å². The van der Waals surface area contributed by atoms with Crippen LogP contribution in [0.4, 0.5) is 8.78 Å². The molecular weight excluding hydrogens is 322 g/mol. The smallest absolute Gasteiger partial charge is 0.387 e. The van der Waals surface area contributed by atoms with E-state index in [1.807, 2.05) is 0 Å². The van der Waals surface area contributed by atoms with Gasteiger partial charge in [0, 0.05) is 19.2 Å². The van der Waals surface area contributed by atoms with Crippen molar-refractivity contribution in [2.45, 2.75) is 19.2 Å². The molecular formula is C13H19ClF2N2O4. The topological polar surface area (TPSA) is 82.8 Å². The molecule has 126 valence electrons. The van der Waals surface area contributed by atoms with Gasteiger partial charge in [-0.05, 0) is 18.2 Å². The standard InChI is InChI=1S/C13H18F2N2O4.ClH/c1-19-7-10(16)12(18)17-6-8-5-9(20-2)3-4-11(8)21-13(14)15;/h3-5,10,13H,6-7,16H2,1-2H3,(H,17,18);1H. The third kappa shape index (κ3) is 6.42. The highest BCUT2D eigenvalue weighted by molar-refractivity contribution is 5.85. The maximum absolute atomic E-state index is 12.3. The van der Waals surface area contributed by atoms with Gasteiger partial charge >= 0.3 is 6.61 Å². The summed E-state index contributed by atoms with van der Waals surface area (Å²) in [5.74, 6) is -0.0314. The van der Waals surface area contributed by atoms with Crippen LogP contribution in [0.25, 0.3) is 0 Å². The van der Waals surface area contributed by atoms with Gasteiger partial charge in [0.1, 0.15) is 17.5 Å². The first-order valence-electron chi connectivity index (χ1n) is 6.12. The van der Waals surface area contributed by atoms with Gasteiger partial charge in [0.2, 0.25) is 5.91 Å². The number of alkyl halides is 2. The Bertz CT molecular complexity index is 477. The summed E-state index contributed by atoms with van der Waals surface area (Å²) in [6.07, 6.45) is 0. The lowest BCUT2D eigenvalue weighted by Gasteiger charge is -2.15. The maximum atomic E-state index is 12.3. The monoisotopic (exact) mass is 340 g/mol. The minimum absolute atomic E-state index is 0. The van der Waals surface area contributed by atoms with Gasteiger partial charge in [-0.3, -0.25) is 4.79 Å². The Morgan fingerprint density at radius 2 is 2.05 bits per heavy atom. The maximum Gasteiger partial charge on any atom is 0.387 e. The van der Waals surface area contributed by atoms with Crippen LogP contribution in [-0.4, -0.2) is 39.4 Å². The van der Waals surface area contributed by atoms with Crippen molar-refractivity contribution in [3.8, 4) is 11.5 Å². The van der Waals surface area contributed by atoms with Crippen molar-refractivity contribution >= 4 is 18.3 Å². The Morgan fingerprint density at radius 1 is 1.36 bits per heavy atom. The zero-order valence-corrected chi connectivity index (χ0v) is 13.0. The Balaban J connectivity index is 0.00000441.